The highest BCUT2D eigenvalue weighted by Crippen LogP contribution is 3.02. The Morgan fingerprint density at radius 1 is 1.14 bits per heavy atom. The highest BCUT2D eigenvalue weighted by Gasteiger charge is 2.65. The van der Waals surface area contributed by atoms with Crippen LogP contribution in [-0.4, -0.2) is 61.9 Å². The van der Waals surface area contributed by atoms with E-state index in [-0.39, 0.29) is 37.9 Å². The predicted octanol–water partition coefficient (Wildman–Crippen LogP) is 5.35. The smallest absolute Gasteiger partial charge is 0.310 e. The quantitative estimate of drug-likeness (QED) is 0.309. The number of anilines is 1. The molecule has 2 fully saturated rings. The normalized spacial score (nSPS) is 24.8. The molecule has 2 aromatic rings. The summed E-state index contributed by atoms with van der Waals surface area (Å²) in [4.78, 5) is 34.0. The van der Waals surface area contributed by atoms with Gasteiger partial charge >= 0.3 is 10.2 Å². The van der Waals surface area contributed by atoms with E-state index in [2.05, 4.69) is 15.3 Å². The van der Waals surface area contributed by atoms with E-state index >= 15 is 0 Å². The Bertz CT molecular complexity index is 1440. The lowest BCUT2D eigenvalue weighted by Crippen LogP contribution is -2.52. The second-order valence-electron chi connectivity index (χ2n) is 10.9. The summed E-state index contributed by atoms with van der Waals surface area (Å²) in [5.74, 6) is -6.46. The van der Waals surface area contributed by atoms with Crippen molar-refractivity contribution >= 4 is 27.7 Å². The molecule has 4 rings (SSSR count). The molecular formula is C25H26F8N6O3S. The number of hydrogen-bond donors (Lipinski definition) is 2. The standard InChI is InChI=1S/C25H26F8N6O3S/c1-24(42)10-19(38(13-24)14-34)23(41)39(16-2-4-17(5-3-16)43(29,30,31,32)33)21(18-11-35-12-20(26)37-18)22(40)36-15-6-8-25(27,28)9-7-15/h2-5,11-12,15,19,21,42H,6-10,13H2,1H3,(H,36,40)/t19-,21?,24-/m1/s1. The van der Waals surface area contributed by atoms with Crippen LogP contribution in [-0.2, 0) is 9.59 Å². The van der Waals surface area contributed by atoms with Crippen molar-refractivity contribution in [2.24, 2.45) is 0 Å². The Morgan fingerprint density at radius 2 is 1.74 bits per heavy atom. The SMILES string of the molecule is C[C@@]1(O)C[C@H](C(=O)N(c2ccc(S(F)(F)(F)(F)F)cc2)C(C(=O)NC2CCC(F)(F)CC2)c2cncc(F)n2)N(C#N)C1. The van der Waals surface area contributed by atoms with Gasteiger partial charge in [-0.15, -0.1) is 0 Å². The van der Waals surface area contributed by atoms with Gasteiger partial charge in [-0.3, -0.25) is 24.4 Å². The Morgan fingerprint density at radius 3 is 2.28 bits per heavy atom. The van der Waals surface area contributed by atoms with Crippen LogP contribution >= 0.6 is 10.2 Å². The molecule has 2 aliphatic rings. The van der Waals surface area contributed by atoms with Gasteiger partial charge in [0.2, 0.25) is 17.8 Å². The first-order valence-electron chi connectivity index (χ1n) is 12.8. The number of rotatable bonds is 7. The van der Waals surface area contributed by atoms with Crippen LogP contribution in [0.2, 0.25) is 0 Å². The van der Waals surface area contributed by atoms with Gasteiger partial charge in [0.05, 0.1) is 30.2 Å². The maximum absolute atomic E-state index is 14.2. The zero-order valence-corrected chi connectivity index (χ0v) is 23.2. The highest BCUT2D eigenvalue weighted by molar-refractivity contribution is 8.45. The summed E-state index contributed by atoms with van der Waals surface area (Å²) in [5.41, 5.74) is -2.70. The molecular weight excluding hydrogens is 616 g/mol. The van der Waals surface area contributed by atoms with Gasteiger partial charge < -0.3 is 10.4 Å². The lowest BCUT2D eigenvalue weighted by Gasteiger charge is -2.41. The Hall–Kier alpha value is -3.72. The largest absolute Gasteiger partial charge is 0.388 e. The Labute approximate surface area is 240 Å². The van der Waals surface area contributed by atoms with Crippen LogP contribution < -0.4 is 10.2 Å². The van der Waals surface area contributed by atoms with Crippen LogP contribution in [0, 0.1) is 17.4 Å². The molecule has 43 heavy (non-hydrogen) atoms. The van der Waals surface area contributed by atoms with E-state index in [0.717, 1.165) is 11.1 Å². The molecule has 0 spiro atoms. The van der Waals surface area contributed by atoms with Crippen molar-refractivity contribution in [1.29, 1.82) is 5.26 Å². The molecule has 1 aliphatic heterocycles. The highest BCUT2D eigenvalue weighted by atomic mass is 32.5. The van der Waals surface area contributed by atoms with Crippen molar-refractivity contribution < 1.29 is 47.3 Å². The summed E-state index contributed by atoms with van der Waals surface area (Å²) in [6, 6.07) is -3.38. The minimum atomic E-state index is -10.2. The lowest BCUT2D eigenvalue weighted by molar-refractivity contribution is -0.129. The molecule has 3 atom stereocenters. The number of benzene rings is 1. The first kappa shape index (κ1) is 32.2. The van der Waals surface area contributed by atoms with E-state index in [1.807, 2.05) is 0 Å². The molecule has 18 heteroatoms. The summed E-state index contributed by atoms with van der Waals surface area (Å²) >= 11 is 0. The fourth-order valence-corrected chi connectivity index (χ4v) is 5.81. The fourth-order valence-electron chi connectivity index (χ4n) is 5.16. The third-order valence-electron chi connectivity index (χ3n) is 7.21. The number of aliphatic hydroxyl groups is 1. The van der Waals surface area contributed by atoms with Crippen LogP contribution in [0.15, 0.2) is 41.6 Å². The van der Waals surface area contributed by atoms with Gasteiger partial charge in [-0.05, 0) is 44.0 Å². The average Bonchev–Trinajstić information content (AvgIpc) is 3.21. The zero-order valence-electron chi connectivity index (χ0n) is 22.4. The number of halogens is 8. The van der Waals surface area contributed by atoms with Gasteiger partial charge in [-0.1, -0.05) is 19.4 Å². The first-order chi connectivity index (χ1) is 19.6. The van der Waals surface area contributed by atoms with E-state index in [9.17, 15) is 52.6 Å². The van der Waals surface area contributed by atoms with Crippen molar-refractivity contribution in [2.75, 3.05) is 11.4 Å². The summed E-state index contributed by atoms with van der Waals surface area (Å²) in [6.07, 6.45) is 1.34. The molecule has 1 aliphatic carbocycles. The van der Waals surface area contributed by atoms with Crippen LogP contribution in [0.3, 0.4) is 0 Å². The number of nitrogens with one attached hydrogen (secondary N) is 1. The van der Waals surface area contributed by atoms with Crippen LogP contribution in [0.5, 0.6) is 0 Å². The second kappa shape index (κ2) is 10.2. The number of amides is 2. The third kappa shape index (κ3) is 7.44. The minimum absolute atomic E-state index is 0.000520. The van der Waals surface area contributed by atoms with Gasteiger partial charge in [0.25, 0.3) is 5.91 Å². The van der Waals surface area contributed by atoms with Crippen LogP contribution in [0.1, 0.15) is 50.8 Å². The molecule has 9 nitrogen and oxygen atoms in total. The maximum Gasteiger partial charge on any atom is 0.310 e. The number of carbonyl (C=O) groups is 2. The molecule has 1 saturated carbocycles. The molecule has 2 amide bonds. The number of hydrogen-bond acceptors (Lipinski definition) is 7. The van der Waals surface area contributed by atoms with Crippen molar-refractivity contribution in [3.63, 3.8) is 0 Å². The predicted molar refractivity (Wildman–Crippen MR) is 137 cm³/mol. The van der Waals surface area contributed by atoms with E-state index in [0.29, 0.717) is 23.2 Å². The topological polar surface area (TPSA) is 122 Å². The van der Waals surface area contributed by atoms with Gasteiger partial charge in [-0.25, -0.2) is 13.8 Å². The number of nitriles is 1. The molecule has 1 saturated heterocycles. The number of nitrogens with zero attached hydrogens (tertiary/aromatic N) is 5. The first-order valence-corrected chi connectivity index (χ1v) is 14.8. The number of likely N-dealkylation sites (tertiary alicyclic amines) is 1. The number of carbonyl (C=O) groups excluding carboxylic acids is 2. The molecule has 2 N–H and O–H groups in total. The second-order valence-corrected chi connectivity index (χ2v) is 13.3. The van der Waals surface area contributed by atoms with Crippen LogP contribution in [0.25, 0.3) is 0 Å². The van der Waals surface area contributed by atoms with Gasteiger partial charge in [-0.2, -0.15) is 9.65 Å². The number of alkyl halides is 2. The zero-order chi connectivity index (χ0) is 32.1. The van der Waals surface area contributed by atoms with Gasteiger partial charge in [0.1, 0.15) is 10.9 Å². The van der Waals surface area contributed by atoms with Crippen molar-refractivity contribution in [3.05, 3.63) is 48.3 Å². The average molecular weight is 643 g/mol. The van der Waals surface area contributed by atoms with Gasteiger partial charge in [0, 0.05) is 31.0 Å². The minimum Gasteiger partial charge on any atom is -0.388 e. The molecule has 0 bridgehead atoms. The third-order valence-corrected chi connectivity index (χ3v) is 8.37. The lowest BCUT2D eigenvalue weighted by atomic mass is 9.92. The fraction of sp³-hybridized carbons (Fsp3) is 0.480. The monoisotopic (exact) mass is 642 g/mol. The summed E-state index contributed by atoms with van der Waals surface area (Å²) in [7, 11) is -10.2. The Kier molecular flexibility index (Phi) is 7.63. The molecule has 1 unspecified atom stereocenters. The molecule has 2 heterocycles. The van der Waals surface area contributed by atoms with Crippen molar-refractivity contribution in [1.82, 2.24) is 20.2 Å². The van der Waals surface area contributed by atoms with E-state index in [1.165, 1.54) is 6.92 Å². The van der Waals surface area contributed by atoms with E-state index < -0.39 is 86.8 Å². The van der Waals surface area contributed by atoms with Gasteiger partial charge in [0.15, 0.2) is 12.2 Å². The Balaban J connectivity index is 1.84. The molecule has 236 valence electrons. The molecule has 1 aromatic heterocycles. The molecule has 0 radical (unpaired) electrons. The van der Waals surface area contributed by atoms with E-state index in [4.69, 9.17) is 0 Å². The van der Waals surface area contributed by atoms with Crippen molar-refractivity contribution in [2.45, 2.75) is 73.6 Å². The summed E-state index contributed by atoms with van der Waals surface area (Å²) in [6.45, 7) is 0.962. The van der Waals surface area contributed by atoms with Crippen molar-refractivity contribution in [3.8, 4) is 6.19 Å². The van der Waals surface area contributed by atoms with E-state index in [1.54, 1.807) is 6.19 Å². The summed E-state index contributed by atoms with van der Waals surface area (Å²) < 4.78 is 109. The maximum atomic E-state index is 14.2. The number of β-amino-alcohol motifs (C(OH)–C–C–N with tert-alkyl or cyclic N) is 1. The summed E-state index contributed by atoms with van der Waals surface area (Å²) in [5, 5.41) is 22.6. The molecule has 1 aromatic carbocycles. The number of aromatic nitrogens is 2. The van der Waals surface area contributed by atoms with Crippen LogP contribution in [0.4, 0.5) is 38.3 Å².